The minimum Gasteiger partial charge on any atom is -0.346 e. The van der Waals surface area contributed by atoms with Crippen LogP contribution in [0.2, 0.25) is 5.02 Å². The van der Waals surface area contributed by atoms with Gasteiger partial charge in [0, 0.05) is 15.1 Å². The van der Waals surface area contributed by atoms with Crippen LogP contribution in [0.5, 0.6) is 0 Å². The number of rotatable bonds is 3. The van der Waals surface area contributed by atoms with E-state index in [0.717, 1.165) is 15.6 Å². The minimum atomic E-state index is -0.0989. The van der Waals surface area contributed by atoms with Gasteiger partial charge in [0.2, 0.25) is 0 Å². The molecule has 2 rings (SSSR count). The fourth-order valence-electron chi connectivity index (χ4n) is 1.87. The normalized spacial score (nSPS) is 12.0. The maximum atomic E-state index is 12.2. The van der Waals surface area contributed by atoms with Crippen LogP contribution in [-0.4, -0.2) is 5.91 Å². The summed E-state index contributed by atoms with van der Waals surface area (Å²) < 4.78 is 0.931. The van der Waals surface area contributed by atoms with Gasteiger partial charge in [-0.15, -0.1) is 0 Å². The summed E-state index contributed by atoms with van der Waals surface area (Å²) in [7, 11) is 0. The monoisotopic (exact) mass is 351 g/mol. The number of hydrogen-bond donors (Lipinski definition) is 1. The molecule has 1 atom stereocenters. The Bertz CT molecular complexity index is 642. The molecule has 104 valence electrons. The Morgan fingerprint density at radius 1 is 1.25 bits per heavy atom. The first-order valence-corrected chi connectivity index (χ1v) is 7.47. The molecule has 4 heteroatoms. The lowest BCUT2D eigenvalue weighted by molar-refractivity contribution is 0.0940. The molecule has 0 heterocycles. The van der Waals surface area contributed by atoms with E-state index in [0.29, 0.717) is 10.6 Å². The summed E-state index contributed by atoms with van der Waals surface area (Å²) in [6.45, 7) is 3.92. The van der Waals surface area contributed by atoms with Gasteiger partial charge < -0.3 is 5.32 Å². The van der Waals surface area contributed by atoms with Crippen LogP contribution in [0.4, 0.5) is 0 Å². The van der Waals surface area contributed by atoms with Crippen molar-refractivity contribution in [3.05, 3.63) is 68.7 Å². The van der Waals surface area contributed by atoms with Gasteiger partial charge in [-0.1, -0.05) is 45.7 Å². The van der Waals surface area contributed by atoms with Gasteiger partial charge in [-0.05, 0) is 49.2 Å². The third kappa shape index (κ3) is 3.62. The van der Waals surface area contributed by atoms with Crippen molar-refractivity contribution in [2.45, 2.75) is 19.9 Å². The molecule has 1 unspecified atom stereocenters. The molecule has 2 nitrogen and oxygen atoms in total. The van der Waals surface area contributed by atoms with E-state index >= 15 is 0 Å². The Kier molecular flexibility index (Phi) is 4.84. The SMILES string of the molecule is Cc1ccc(C(=O)NC(C)c2cccc(Cl)c2)cc1Br. The van der Waals surface area contributed by atoms with Crippen LogP contribution < -0.4 is 5.32 Å². The number of nitrogens with one attached hydrogen (secondary N) is 1. The summed E-state index contributed by atoms with van der Waals surface area (Å²) in [6.07, 6.45) is 0. The predicted molar refractivity (Wildman–Crippen MR) is 86.2 cm³/mol. The second-order valence-corrected chi connectivity index (χ2v) is 6.00. The third-order valence-corrected chi connectivity index (χ3v) is 4.22. The average Bonchev–Trinajstić information content (AvgIpc) is 2.41. The molecule has 1 amide bonds. The predicted octanol–water partition coefficient (Wildman–Crippen LogP) is 4.90. The van der Waals surface area contributed by atoms with E-state index in [-0.39, 0.29) is 11.9 Å². The van der Waals surface area contributed by atoms with E-state index in [1.165, 1.54) is 0 Å². The van der Waals surface area contributed by atoms with Gasteiger partial charge in [-0.2, -0.15) is 0 Å². The van der Waals surface area contributed by atoms with Gasteiger partial charge in [-0.3, -0.25) is 4.79 Å². The number of benzene rings is 2. The lowest BCUT2D eigenvalue weighted by atomic mass is 10.1. The molecule has 0 aliphatic carbocycles. The highest BCUT2D eigenvalue weighted by molar-refractivity contribution is 9.10. The van der Waals surface area contributed by atoms with E-state index in [1.54, 1.807) is 0 Å². The standard InChI is InChI=1S/C16H15BrClNO/c1-10-6-7-13(9-15(10)17)16(20)19-11(2)12-4-3-5-14(18)8-12/h3-9,11H,1-2H3,(H,19,20). The van der Waals surface area contributed by atoms with Gasteiger partial charge >= 0.3 is 0 Å². The van der Waals surface area contributed by atoms with E-state index in [1.807, 2.05) is 56.3 Å². The van der Waals surface area contributed by atoms with Gasteiger partial charge in [0.25, 0.3) is 5.91 Å². The largest absolute Gasteiger partial charge is 0.346 e. The molecule has 0 fully saturated rings. The Balaban J connectivity index is 2.13. The van der Waals surface area contributed by atoms with Crippen molar-refractivity contribution in [1.29, 1.82) is 0 Å². The van der Waals surface area contributed by atoms with Crippen molar-refractivity contribution in [3.63, 3.8) is 0 Å². The maximum absolute atomic E-state index is 12.2. The van der Waals surface area contributed by atoms with Crippen molar-refractivity contribution in [2.75, 3.05) is 0 Å². The first kappa shape index (κ1) is 15.1. The molecule has 0 spiro atoms. The Labute approximate surface area is 132 Å². The molecule has 20 heavy (non-hydrogen) atoms. The fourth-order valence-corrected chi connectivity index (χ4v) is 2.45. The fraction of sp³-hybridized carbons (Fsp3) is 0.188. The highest BCUT2D eigenvalue weighted by Gasteiger charge is 2.12. The van der Waals surface area contributed by atoms with Crippen LogP contribution in [0, 0.1) is 6.92 Å². The van der Waals surface area contributed by atoms with Crippen LogP contribution >= 0.6 is 27.5 Å². The Morgan fingerprint density at radius 3 is 2.65 bits per heavy atom. The molecular weight excluding hydrogens is 338 g/mol. The van der Waals surface area contributed by atoms with Crippen molar-refractivity contribution >= 4 is 33.4 Å². The van der Waals surface area contributed by atoms with Gasteiger partial charge in [0.15, 0.2) is 0 Å². The Morgan fingerprint density at radius 2 is 2.00 bits per heavy atom. The molecule has 0 aliphatic heterocycles. The zero-order valence-electron chi connectivity index (χ0n) is 11.3. The summed E-state index contributed by atoms with van der Waals surface area (Å²) in [5.74, 6) is -0.0989. The molecule has 0 saturated heterocycles. The van der Waals surface area contributed by atoms with Crippen molar-refractivity contribution in [1.82, 2.24) is 5.32 Å². The summed E-state index contributed by atoms with van der Waals surface area (Å²) in [5.41, 5.74) is 2.72. The lowest BCUT2D eigenvalue weighted by Crippen LogP contribution is -2.26. The molecule has 2 aromatic carbocycles. The highest BCUT2D eigenvalue weighted by Crippen LogP contribution is 2.20. The number of halogens is 2. The van der Waals surface area contributed by atoms with Gasteiger partial charge in [0.05, 0.1) is 6.04 Å². The molecule has 0 saturated carbocycles. The first-order valence-electron chi connectivity index (χ1n) is 6.30. The van der Waals surface area contributed by atoms with E-state index in [2.05, 4.69) is 21.2 Å². The molecule has 2 aromatic rings. The number of carbonyl (C=O) groups is 1. The second kappa shape index (κ2) is 6.42. The van der Waals surface area contributed by atoms with Crippen LogP contribution in [0.15, 0.2) is 46.9 Å². The molecule has 1 N–H and O–H groups in total. The molecule has 0 aliphatic rings. The van der Waals surface area contributed by atoms with Crippen molar-refractivity contribution < 1.29 is 4.79 Å². The molecule has 0 bridgehead atoms. The van der Waals surface area contributed by atoms with E-state index in [9.17, 15) is 4.79 Å². The van der Waals surface area contributed by atoms with Gasteiger partial charge in [-0.25, -0.2) is 0 Å². The van der Waals surface area contributed by atoms with Crippen molar-refractivity contribution in [2.24, 2.45) is 0 Å². The van der Waals surface area contributed by atoms with Crippen LogP contribution in [0.1, 0.15) is 34.5 Å². The molecular formula is C16H15BrClNO. The summed E-state index contributed by atoms with van der Waals surface area (Å²) in [5, 5.41) is 3.64. The molecule has 0 aromatic heterocycles. The summed E-state index contributed by atoms with van der Waals surface area (Å²) in [4.78, 5) is 12.2. The minimum absolute atomic E-state index is 0.0960. The number of hydrogen-bond acceptors (Lipinski definition) is 1. The number of aryl methyl sites for hydroxylation is 1. The van der Waals surface area contributed by atoms with Crippen LogP contribution in [-0.2, 0) is 0 Å². The maximum Gasteiger partial charge on any atom is 0.251 e. The van der Waals surface area contributed by atoms with Crippen LogP contribution in [0.25, 0.3) is 0 Å². The molecule has 0 radical (unpaired) electrons. The van der Waals surface area contributed by atoms with Gasteiger partial charge in [0.1, 0.15) is 0 Å². The van der Waals surface area contributed by atoms with Crippen molar-refractivity contribution in [3.8, 4) is 0 Å². The van der Waals surface area contributed by atoms with Crippen LogP contribution in [0.3, 0.4) is 0 Å². The smallest absolute Gasteiger partial charge is 0.251 e. The topological polar surface area (TPSA) is 29.1 Å². The quantitative estimate of drug-likeness (QED) is 0.836. The van der Waals surface area contributed by atoms with E-state index in [4.69, 9.17) is 11.6 Å². The number of carbonyl (C=O) groups excluding carboxylic acids is 1. The average molecular weight is 353 g/mol. The zero-order valence-corrected chi connectivity index (χ0v) is 13.6. The van der Waals surface area contributed by atoms with E-state index < -0.39 is 0 Å². The summed E-state index contributed by atoms with van der Waals surface area (Å²) in [6, 6.07) is 13.0. The number of amides is 1. The first-order chi connectivity index (χ1) is 9.47. The second-order valence-electron chi connectivity index (χ2n) is 4.71. The lowest BCUT2D eigenvalue weighted by Gasteiger charge is -2.15. The summed E-state index contributed by atoms with van der Waals surface area (Å²) >= 11 is 9.40. The Hall–Kier alpha value is -1.32. The highest BCUT2D eigenvalue weighted by atomic mass is 79.9. The zero-order chi connectivity index (χ0) is 14.7. The third-order valence-electron chi connectivity index (χ3n) is 3.13.